The lowest BCUT2D eigenvalue weighted by Crippen LogP contribution is -2.81. The maximum absolute atomic E-state index is 14.9. The molecule has 1 heterocycles. The number of nitrogens with one attached hydrogen (secondary N) is 1. The van der Waals surface area contributed by atoms with Gasteiger partial charge in [0.2, 0.25) is 0 Å². The number of ether oxygens (including phenoxy) is 5. The molecule has 0 radical (unpaired) electrons. The lowest BCUT2D eigenvalue weighted by atomic mass is 9.44. The van der Waals surface area contributed by atoms with E-state index in [0.717, 1.165) is 6.92 Å². The third-order valence-electron chi connectivity index (χ3n) is 12.6. The second kappa shape index (κ2) is 15.2. The van der Waals surface area contributed by atoms with E-state index in [0.29, 0.717) is 5.56 Å². The molecule has 15 heteroatoms. The van der Waals surface area contributed by atoms with Crippen LogP contribution in [-0.4, -0.2) is 110 Å². The summed E-state index contributed by atoms with van der Waals surface area (Å²) in [7, 11) is 0. The fourth-order valence-corrected chi connectivity index (χ4v) is 9.56. The first-order chi connectivity index (χ1) is 27.0. The van der Waals surface area contributed by atoms with E-state index >= 15 is 0 Å². The normalized spacial score (nSPS) is 33.7. The molecule has 1 aliphatic heterocycles. The standard InChI is InChI=1S/C43H53NO14/c1-22-26(55-37(51)32(48)30(24-15-11-9-12-16-24)44-38(52)58-39(3,4)5)20-43(53)35(56-36(50)25-17-13-10-14-18-25)33-41(8,34(49)31(47)29(22)40(43,6)7)27(46)19-28-42(33,21-54-28)57-23(2)45/h9-18,26-28,30-33,35,46-48,53H,19-21H2,1-8H3,(H,44,52)/t26-,27-,28+,30-,31+,32+,33?,35-,41+,42-,43+/m0/s1/i2-1. The van der Waals surface area contributed by atoms with Crippen molar-refractivity contribution < 1.29 is 68.1 Å². The van der Waals surface area contributed by atoms with Gasteiger partial charge in [-0.25, -0.2) is 14.4 Å². The van der Waals surface area contributed by atoms with Gasteiger partial charge in [-0.2, -0.15) is 0 Å². The van der Waals surface area contributed by atoms with Gasteiger partial charge >= 0.3 is 24.0 Å². The topological polar surface area (TPSA) is 224 Å². The Morgan fingerprint density at radius 1 is 0.948 bits per heavy atom. The van der Waals surface area contributed by atoms with Crippen molar-refractivity contribution in [2.75, 3.05) is 6.61 Å². The number of ketones is 1. The first-order valence-electron chi connectivity index (χ1n) is 19.3. The van der Waals surface area contributed by atoms with E-state index in [2.05, 4.69) is 5.32 Å². The van der Waals surface area contributed by atoms with Crippen LogP contribution in [0.1, 0.15) is 90.2 Å². The molecule has 314 valence electrons. The van der Waals surface area contributed by atoms with E-state index in [1.807, 2.05) is 0 Å². The SMILES string of the molecule is CC1=C2[C@@H](O)C(=O)[C@@]3(C)C([C@H](OC(=O)c4ccccc4)[C@](O)(C[C@@H]1OC(=O)[C@H](O)[C@@H](NC(=O)OC(C)(C)C)c1ccccc1)C2(C)C)[C@]1(OC([11CH3])=O)CO[C@@H]1C[C@@H]3O. The predicted molar refractivity (Wildman–Crippen MR) is 204 cm³/mol. The Bertz CT molecular complexity index is 1980. The summed E-state index contributed by atoms with van der Waals surface area (Å²) in [6.45, 7) is 11.8. The molecule has 5 N–H and O–H groups in total. The number of fused-ring (bicyclic) bond motifs is 5. The van der Waals surface area contributed by atoms with Crippen LogP contribution in [0.2, 0.25) is 0 Å². The summed E-state index contributed by atoms with van der Waals surface area (Å²) < 4.78 is 29.5. The fourth-order valence-electron chi connectivity index (χ4n) is 9.56. The Kier molecular flexibility index (Phi) is 11.2. The third kappa shape index (κ3) is 7.10. The van der Waals surface area contributed by atoms with Crippen molar-refractivity contribution in [3.05, 3.63) is 82.9 Å². The third-order valence-corrected chi connectivity index (χ3v) is 12.6. The van der Waals surface area contributed by atoms with Crippen LogP contribution in [0, 0.1) is 16.7 Å². The van der Waals surface area contributed by atoms with Crippen LogP contribution in [0.3, 0.4) is 0 Å². The van der Waals surface area contributed by atoms with Crippen molar-refractivity contribution in [3.8, 4) is 0 Å². The van der Waals surface area contributed by atoms with E-state index in [9.17, 15) is 44.4 Å². The first-order valence-corrected chi connectivity index (χ1v) is 19.3. The average Bonchev–Trinajstić information content (AvgIpc) is 3.14. The summed E-state index contributed by atoms with van der Waals surface area (Å²) in [6.07, 6.45) is -11.5. The Labute approximate surface area is 336 Å². The van der Waals surface area contributed by atoms with Gasteiger partial charge in [-0.05, 0) is 63.5 Å². The van der Waals surface area contributed by atoms with Gasteiger partial charge in [0.05, 0.1) is 35.6 Å². The van der Waals surface area contributed by atoms with Crippen molar-refractivity contribution in [3.63, 3.8) is 0 Å². The lowest BCUT2D eigenvalue weighted by Gasteiger charge is -2.67. The second-order valence-electron chi connectivity index (χ2n) is 17.6. The molecule has 1 saturated heterocycles. The van der Waals surface area contributed by atoms with Crippen molar-refractivity contribution in [1.82, 2.24) is 5.32 Å². The van der Waals surface area contributed by atoms with Crippen LogP contribution < -0.4 is 5.32 Å². The zero-order valence-corrected chi connectivity index (χ0v) is 33.9. The number of Topliss-reactive ketones (excluding diaryl/α,β-unsaturated/α-hetero) is 1. The molecule has 2 saturated carbocycles. The molecule has 0 spiro atoms. The summed E-state index contributed by atoms with van der Waals surface area (Å²) in [5.41, 5.74) is -8.14. The average molecular weight is 807 g/mol. The van der Waals surface area contributed by atoms with E-state index < -0.39 is 112 Å². The summed E-state index contributed by atoms with van der Waals surface area (Å²) in [4.78, 5) is 68.9. The zero-order valence-electron chi connectivity index (χ0n) is 33.9. The van der Waals surface area contributed by atoms with E-state index in [-0.39, 0.29) is 29.7 Å². The molecule has 1 unspecified atom stereocenters. The molecule has 2 aromatic carbocycles. The quantitative estimate of drug-likeness (QED) is 0.147. The van der Waals surface area contributed by atoms with Crippen molar-refractivity contribution in [2.45, 2.75) is 128 Å². The van der Waals surface area contributed by atoms with Gasteiger partial charge in [0.25, 0.3) is 0 Å². The number of benzene rings is 2. The highest BCUT2D eigenvalue weighted by Gasteiger charge is 2.78. The first kappa shape index (κ1) is 42.9. The Morgan fingerprint density at radius 3 is 2.10 bits per heavy atom. The number of carbonyl (C=O) groups is 5. The highest BCUT2D eigenvalue weighted by Crippen LogP contribution is 2.64. The number of esters is 3. The van der Waals surface area contributed by atoms with Gasteiger partial charge in [0, 0.05) is 25.2 Å². The minimum absolute atomic E-state index is 0.0637. The molecule has 58 heavy (non-hydrogen) atoms. The van der Waals surface area contributed by atoms with Crippen LogP contribution in [0.15, 0.2) is 71.8 Å². The summed E-state index contributed by atoms with van der Waals surface area (Å²) in [6, 6.07) is 14.6. The van der Waals surface area contributed by atoms with E-state index in [1.54, 1.807) is 83.1 Å². The molecule has 4 aliphatic rings. The van der Waals surface area contributed by atoms with E-state index in [1.165, 1.54) is 26.0 Å². The highest BCUT2D eigenvalue weighted by atomic mass is 16.6. The minimum Gasteiger partial charge on any atom is -0.456 e. The van der Waals surface area contributed by atoms with Gasteiger partial charge in [0.1, 0.15) is 35.6 Å². The number of hydrogen-bond donors (Lipinski definition) is 5. The molecule has 2 bridgehead atoms. The Morgan fingerprint density at radius 2 is 1.55 bits per heavy atom. The zero-order chi connectivity index (χ0) is 42.7. The van der Waals surface area contributed by atoms with Gasteiger partial charge < -0.3 is 49.4 Å². The molecule has 15 nitrogen and oxygen atoms in total. The fraction of sp³-hybridized carbons (Fsp3) is 0.558. The lowest BCUT2D eigenvalue weighted by molar-refractivity contribution is -0.346. The molecule has 3 fully saturated rings. The van der Waals surface area contributed by atoms with E-state index in [4.69, 9.17) is 23.7 Å². The number of carbonyl (C=O) groups excluding carboxylic acids is 5. The number of alkyl carbamates (subject to hydrolysis) is 1. The van der Waals surface area contributed by atoms with Gasteiger partial charge in [-0.3, -0.25) is 9.59 Å². The molecular formula is C43H53NO14. The highest BCUT2D eigenvalue weighted by molar-refractivity contribution is 5.94. The Balaban J connectivity index is 1.49. The summed E-state index contributed by atoms with van der Waals surface area (Å²) in [5.74, 6) is -5.36. The van der Waals surface area contributed by atoms with Crippen LogP contribution in [0.5, 0.6) is 0 Å². The number of amides is 1. The van der Waals surface area contributed by atoms with Crippen LogP contribution in [0.4, 0.5) is 4.79 Å². The molecular weight excluding hydrogens is 753 g/mol. The Hall–Kier alpha value is -4.67. The number of hydrogen-bond acceptors (Lipinski definition) is 14. The molecule has 6 rings (SSSR count). The maximum atomic E-state index is 14.9. The van der Waals surface area contributed by atoms with Crippen molar-refractivity contribution in [1.29, 1.82) is 0 Å². The smallest absolute Gasteiger partial charge is 0.408 e. The second-order valence-corrected chi connectivity index (χ2v) is 17.6. The summed E-state index contributed by atoms with van der Waals surface area (Å²) in [5, 5.41) is 51.6. The van der Waals surface area contributed by atoms with Crippen LogP contribution >= 0.6 is 0 Å². The van der Waals surface area contributed by atoms with Crippen LogP contribution in [-0.2, 0) is 38.1 Å². The molecule has 1 amide bonds. The van der Waals surface area contributed by atoms with Gasteiger partial charge in [-0.15, -0.1) is 0 Å². The predicted octanol–water partition coefficient (Wildman–Crippen LogP) is 3.26. The molecule has 3 aliphatic carbocycles. The molecule has 2 aromatic rings. The number of rotatable bonds is 8. The van der Waals surface area contributed by atoms with Gasteiger partial charge in [-0.1, -0.05) is 62.4 Å². The summed E-state index contributed by atoms with van der Waals surface area (Å²) >= 11 is 0. The number of aliphatic hydroxyl groups excluding tert-OH is 3. The minimum atomic E-state index is -2.35. The number of aliphatic hydroxyl groups is 4. The monoisotopic (exact) mass is 806 g/mol. The molecule has 11 atom stereocenters. The van der Waals surface area contributed by atoms with Crippen molar-refractivity contribution >= 4 is 29.8 Å². The largest absolute Gasteiger partial charge is 0.456 e. The molecule has 0 aromatic heterocycles. The van der Waals surface area contributed by atoms with Crippen LogP contribution in [0.25, 0.3) is 0 Å². The maximum Gasteiger partial charge on any atom is 0.408 e. The van der Waals surface area contributed by atoms with Gasteiger partial charge in [0.15, 0.2) is 17.5 Å². The van der Waals surface area contributed by atoms with Crippen molar-refractivity contribution in [2.24, 2.45) is 16.7 Å².